The number of carbonyl (C=O) groups excluding carboxylic acids is 2. The maximum Gasteiger partial charge on any atom is 0.329 e. The number of carboxylic acid groups (broad SMARTS) is 1. The predicted octanol–water partition coefficient (Wildman–Crippen LogP) is 1.10. The highest BCUT2D eigenvalue weighted by molar-refractivity contribution is 6.34. The van der Waals surface area contributed by atoms with Gasteiger partial charge in [0.2, 0.25) is 5.91 Å². The first-order chi connectivity index (χ1) is 11.3. The van der Waals surface area contributed by atoms with E-state index in [9.17, 15) is 24.5 Å². The molecular formula is C14H14ClN3O6. The second kappa shape index (κ2) is 6.83. The molecule has 128 valence electrons. The molecule has 0 atom stereocenters. The molecule has 0 spiro atoms. The van der Waals surface area contributed by atoms with E-state index in [2.05, 4.69) is 10.6 Å². The van der Waals surface area contributed by atoms with Crippen molar-refractivity contribution in [1.29, 1.82) is 0 Å². The van der Waals surface area contributed by atoms with E-state index in [1.165, 1.54) is 12.1 Å². The lowest BCUT2D eigenvalue weighted by molar-refractivity contribution is -0.385. The third-order valence-electron chi connectivity index (χ3n) is 3.82. The van der Waals surface area contributed by atoms with Crippen LogP contribution in [0.4, 0.5) is 5.69 Å². The number of hydrogen-bond acceptors (Lipinski definition) is 5. The molecule has 1 aliphatic carbocycles. The van der Waals surface area contributed by atoms with Crippen molar-refractivity contribution in [2.24, 2.45) is 0 Å². The first-order valence-corrected chi connectivity index (χ1v) is 7.40. The van der Waals surface area contributed by atoms with Crippen LogP contribution < -0.4 is 10.6 Å². The standard InChI is InChI=1S/C14H14ClN3O6/c15-8-3-1-4-9(18(23)24)11(8)12(20)16-7-10(19)17-14(13(21)22)5-2-6-14/h1,3-4H,2,5-7H2,(H,16,20)(H,17,19)(H,21,22). The molecule has 1 aliphatic rings. The third-order valence-corrected chi connectivity index (χ3v) is 4.14. The van der Waals surface area contributed by atoms with Gasteiger partial charge in [0.05, 0.1) is 16.5 Å². The summed E-state index contributed by atoms with van der Waals surface area (Å²) in [6.45, 7) is -0.518. The summed E-state index contributed by atoms with van der Waals surface area (Å²) in [5.41, 5.74) is -2.13. The molecule has 9 nitrogen and oxygen atoms in total. The number of benzene rings is 1. The number of nitrogens with one attached hydrogen (secondary N) is 2. The Labute approximate surface area is 141 Å². The average Bonchev–Trinajstić information content (AvgIpc) is 2.47. The van der Waals surface area contributed by atoms with Crippen LogP contribution in [0.25, 0.3) is 0 Å². The second-order valence-electron chi connectivity index (χ2n) is 5.36. The van der Waals surface area contributed by atoms with Gasteiger partial charge in [-0.3, -0.25) is 19.7 Å². The van der Waals surface area contributed by atoms with Crippen LogP contribution in [0.2, 0.25) is 5.02 Å². The summed E-state index contributed by atoms with van der Waals surface area (Å²) >= 11 is 5.82. The molecule has 0 heterocycles. The van der Waals surface area contributed by atoms with Crippen molar-refractivity contribution in [2.75, 3.05) is 6.54 Å². The van der Waals surface area contributed by atoms with Gasteiger partial charge in [0.1, 0.15) is 11.1 Å². The highest BCUT2D eigenvalue weighted by atomic mass is 35.5. The number of rotatable bonds is 6. The quantitative estimate of drug-likeness (QED) is 0.516. The Morgan fingerprint density at radius 2 is 2.00 bits per heavy atom. The molecule has 1 fully saturated rings. The largest absolute Gasteiger partial charge is 0.480 e. The van der Waals surface area contributed by atoms with Crippen LogP contribution in [0.1, 0.15) is 29.6 Å². The Morgan fingerprint density at radius 3 is 2.50 bits per heavy atom. The lowest BCUT2D eigenvalue weighted by atomic mass is 9.77. The van der Waals surface area contributed by atoms with Gasteiger partial charge in [-0.05, 0) is 25.3 Å². The van der Waals surface area contributed by atoms with Crippen LogP contribution in [0.15, 0.2) is 18.2 Å². The van der Waals surface area contributed by atoms with Crippen LogP contribution in [0, 0.1) is 10.1 Å². The van der Waals surface area contributed by atoms with E-state index in [0.717, 1.165) is 6.07 Å². The Hall–Kier alpha value is -2.68. The van der Waals surface area contributed by atoms with Crippen molar-refractivity contribution in [1.82, 2.24) is 10.6 Å². The zero-order valence-electron chi connectivity index (χ0n) is 12.4. The Kier molecular flexibility index (Phi) is 5.03. The van der Waals surface area contributed by atoms with E-state index < -0.39 is 40.5 Å². The lowest BCUT2D eigenvalue weighted by Gasteiger charge is -2.38. The molecule has 1 aromatic carbocycles. The highest BCUT2D eigenvalue weighted by Gasteiger charge is 2.45. The van der Waals surface area contributed by atoms with Gasteiger partial charge in [-0.2, -0.15) is 0 Å². The number of carboxylic acids is 1. The molecule has 24 heavy (non-hydrogen) atoms. The summed E-state index contributed by atoms with van der Waals surface area (Å²) in [5, 5.41) is 24.5. The molecule has 0 bridgehead atoms. The van der Waals surface area contributed by atoms with E-state index in [1.807, 2.05) is 0 Å². The van der Waals surface area contributed by atoms with Gasteiger partial charge in [0.15, 0.2) is 0 Å². The molecule has 1 aromatic rings. The monoisotopic (exact) mass is 355 g/mol. The van der Waals surface area contributed by atoms with Gasteiger partial charge in [-0.1, -0.05) is 17.7 Å². The highest BCUT2D eigenvalue weighted by Crippen LogP contribution is 2.32. The molecule has 2 amide bonds. The number of aliphatic carboxylic acids is 1. The molecule has 0 radical (unpaired) electrons. The predicted molar refractivity (Wildman–Crippen MR) is 82.8 cm³/mol. The Balaban J connectivity index is 2.02. The zero-order valence-corrected chi connectivity index (χ0v) is 13.1. The fourth-order valence-corrected chi connectivity index (χ4v) is 2.63. The van der Waals surface area contributed by atoms with E-state index in [-0.39, 0.29) is 10.6 Å². The number of nitrogens with zero attached hydrogens (tertiary/aromatic N) is 1. The molecule has 10 heteroatoms. The van der Waals surface area contributed by atoms with E-state index in [0.29, 0.717) is 19.3 Å². The molecule has 3 N–H and O–H groups in total. The Morgan fingerprint density at radius 1 is 1.33 bits per heavy atom. The van der Waals surface area contributed by atoms with Gasteiger partial charge in [0.25, 0.3) is 11.6 Å². The summed E-state index contributed by atoms with van der Waals surface area (Å²) in [4.78, 5) is 45.3. The first-order valence-electron chi connectivity index (χ1n) is 7.02. The third kappa shape index (κ3) is 3.46. The summed E-state index contributed by atoms with van der Waals surface area (Å²) in [5.74, 6) is -2.71. The summed E-state index contributed by atoms with van der Waals surface area (Å²) < 4.78 is 0. The minimum absolute atomic E-state index is 0.122. The maximum atomic E-state index is 12.1. The second-order valence-corrected chi connectivity index (χ2v) is 5.77. The molecule has 0 aromatic heterocycles. The normalized spacial score (nSPS) is 15.0. The number of nitro benzene ring substituents is 1. The van der Waals surface area contributed by atoms with Gasteiger partial charge in [-0.25, -0.2) is 4.79 Å². The number of hydrogen-bond donors (Lipinski definition) is 3. The van der Waals surface area contributed by atoms with Crippen molar-refractivity contribution in [2.45, 2.75) is 24.8 Å². The average molecular weight is 356 g/mol. The molecule has 2 rings (SSSR count). The van der Waals surface area contributed by atoms with Crippen molar-refractivity contribution in [3.63, 3.8) is 0 Å². The molecule has 0 saturated heterocycles. The lowest BCUT2D eigenvalue weighted by Crippen LogP contribution is -2.60. The van der Waals surface area contributed by atoms with Crippen LogP contribution in [0.3, 0.4) is 0 Å². The van der Waals surface area contributed by atoms with E-state index in [4.69, 9.17) is 16.7 Å². The van der Waals surface area contributed by atoms with Crippen LogP contribution >= 0.6 is 11.6 Å². The van der Waals surface area contributed by atoms with Crippen LogP contribution in [-0.2, 0) is 9.59 Å². The molecular weight excluding hydrogens is 342 g/mol. The van der Waals surface area contributed by atoms with Gasteiger partial charge < -0.3 is 15.7 Å². The van der Waals surface area contributed by atoms with Gasteiger partial charge >= 0.3 is 5.97 Å². The SMILES string of the molecule is O=C(CNC(=O)c1c(Cl)cccc1[N+](=O)[O-])NC1(C(=O)O)CCC1. The van der Waals surface area contributed by atoms with Gasteiger partial charge in [-0.15, -0.1) is 0 Å². The van der Waals surface area contributed by atoms with Crippen LogP contribution in [0.5, 0.6) is 0 Å². The molecule has 0 aliphatic heterocycles. The number of halogens is 1. The fraction of sp³-hybridized carbons (Fsp3) is 0.357. The van der Waals surface area contributed by atoms with Crippen LogP contribution in [-0.4, -0.2) is 39.9 Å². The first kappa shape index (κ1) is 17.7. The maximum absolute atomic E-state index is 12.1. The number of nitro groups is 1. The number of carbonyl (C=O) groups is 3. The van der Waals surface area contributed by atoms with Crippen molar-refractivity contribution in [3.05, 3.63) is 38.9 Å². The van der Waals surface area contributed by atoms with E-state index >= 15 is 0 Å². The Bertz CT molecular complexity index is 716. The van der Waals surface area contributed by atoms with Gasteiger partial charge in [0, 0.05) is 6.07 Å². The van der Waals surface area contributed by atoms with Crippen molar-refractivity contribution in [3.8, 4) is 0 Å². The number of amides is 2. The summed E-state index contributed by atoms with van der Waals surface area (Å²) in [6, 6.07) is 3.77. The van der Waals surface area contributed by atoms with Crippen molar-refractivity contribution >= 4 is 35.1 Å². The summed E-state index contributed by atoms with van der Waals surface area (Å²) in [6.07, 6.45) is 1.32. The van der Waals surface area contributed by atoms with Crippen molar-refractivity contribution < 1.29 is 24.4 Å². The zero-order chi connectivity index (χ0) is 17.9. The summed E-state index contributed by atoms with van der Waals surface area (Å²) in [7, 11) is 0. The molecule has 1 saturated carbocycles. The minimum Gasteiger partial charge on any atom is -0.480 e. The topological polar surface area (TPSA) is 139 Å². The smallest absolute Gasteiger partial charge is 0.329 e. The van der Waals surface area contributed by atoms with E-state index in [1.54, 1.807) is 0 Å². The fourth-order valence-electron chi connectivity index (χ4n) is 2.37. The minimum atomic E-state index is -1.29. The molecule has 0 unspecified atom stereocenters.